The van der Waals surface area contributed by atoms with Gasteiger partial charge in [0.25, 0.3) is 0 Å². The van der Waals surface area contributed by atoms with Crippen molar-refractivity contribution in [3.8, 4) is 0 Å². The van der Waals surface area contributed by atoms with E-state index in [1.807, 2.05) is 37.3 Å². The van der Waals surface area contributed by atoms with E-state index < -0.39 is 9.84 Å². The third kappa shape index (κ3) is 5.88. The monoisotopic (exact) mass is 494 g/mol. The molecule has 0 radical (unpaired) electrons. The number of para-hydroxylation sites is 1. The average Bonchev–Trinajstić information content (AvgIpc) is 3.19. The molecular weight excluding hydrogens is 468 g/mol. The number of rotatable bonds is 9. The van der Waals surface area contributed by atoms with Crippen LogP contribution in [0.15, 0.2) is 90.0 Å². The van der Waals surface area contributed by atoms with Crippen LogP contribution in [-0.4, -0.2) is 24.9 Å². The average molecular weight is 495 g/mol. The number of benzene rings is 3. The van der Waals surface area contributed by atoms with Crippen LogP contribution in [0.5, 0.6) is 0 Å². The van der Waals surface area contributed by atoms with Crippen LogP contribution in [0.2, 0.25) is 5.02 Å². The molecule has 1 heterocycles. The topological polar surface area (TPSA) is 68.2 Å². The van der Waals surface area contributed by atoms with Gasteiger partial charge in [0.2, 0.25) is 5.91 Å². The minimum absolute atomic E-state index is 0.00244. The molecule has 34 heavy (non-hydrogen) atoms. The lowest BCUT2D eigenvalue weighted by molar-refractivity contribution is -0.122. The molecule has 0 spiro atoms. The zero-order valence-electron chi connectivity index (χ0n) is 18.9. The molecule has 0 aliphatic carbocycles. The lowest BCUT2D eigenvalue weighted by atomic mass is 10.1. The molecule has 3 aromatic carbocycles. The van der Waals surface area contributed by atoms with Crippen LogP contribution < -0.4 is 5.32 Å². The lowest BCUT2D eigenvalue weighted by Gasteiger charge is -2.14. The van der Waals surface area contributed by atoms with Gasteiger partial charge in [-0.3, -0.25) is 4.79 Å². The zero-order chi connectivity index (χ0) is 24.1. The number of sulfone groups is 1. The molecule has 5 nitrogen and oxygen atoms in total. The summed E-state index contributed by atoms with van der Waals surface area (Å²) >= 11 is 5.93. The highest BCUT2D eigenvalue weighted by atomic mass is 35.5. The maximum atomic E-state index is 13.3. The smallest absolute Gasteiger partial charge is 0.240 e. The zero-order valence-corrected chi connectivity index (χ0v) is 20.5. The van der Waals surface area contributed by atoms with Crippen LogP contribution in [0.4, 0.5) is 0 Å². The molecule has 1 atom stereocenters. The number of fused-ring (bicyclic) bond motifs is 1. The molecule has 1 amide bonds. The van der Waals surface area contributed by atoms with Crippen molar-refractivity contribution < 1.29 is 13.2 Å². The fraction of sp³-hybridized carbons (Fsp3) is 0.222. The molecule has 0 saturated heterocycles. The van der Waals surface area contributed by atoms with Gasteiger partial charge in [0.05, 0.1) is 10.6 Å². The van der Waals surface area contributed by atoms with Gasteiger partial charge < -0.3 is 9.88 Å². The number of aromatic nitrogens is 1. The summed E-state index contributed by atoms with van der Waals surface area (Å²) in [6.07, 6.45) is 3.27. The number of carbonyl (C=O) groups is 1. The first-order chi connectivity index (χ1) is 16.3. The molecule has 1 unspecified atom stereocenters. The Morgan fingerprint density at radius 2 is 1.62 bits per heavy atom. The van der Waals surface area contributed by atoms with E-state index in [9.17, 15) is 13.2 Å². The molecule has 1 aromatic heterocycles. The Bertz CT molecular complexity index is 1380. The first-order valence-corrected chi connectivity index (χ1v) is 13.2. The number of hydrogen-bond acceptors (Lipinski definition) is 3. The van der Waals surface area contributed by atoms with Crippen molar-refractivity contribution in [2.45, 2.75) is 43.0 Å². The summed E-state index contributed by atoms with van der Waals surface area (Å²) in [7, 11) is -3.63. The van der Waals surface area contributed by atoms with Gasteiger partial charge in [0, 0.05) is 28.2 Å². The Kier molecular flexibility index (Phi) is 7.39. The van der Waals surface area contributed by atoms with E-state index in [1.54, 1.807) is 47.2 Å². The van der Waals surface area contributed by atoms with Crippen LogP contribution in [0.1, 0.15) is 24.5 Å². The molecule has 0 aliphatic heterocycles. The standard InChI is InChI=1S/C27H27ClN2O3S/c1-20(11-12-21-7-3-2-4-8-21)29-27(31)18-30-17-26(24-9-5-6-10-25(24)30)34(32,33)19-22-13-15-23(28)16-14-22/h2-10,13-17,20H,11-12,18-19H2,1H3,(H,29,31). The largest absolute Gasteiger partial charge is 0.352 e. The number of nitrogens with zero attached hydrogens (tertiary/aromatic N) is 1. The Morgan fingerprint density at radius 1 is 0.941 bits per heavy atom. The quantitative estimate of drug-likeness (QED) is 0.338. The number of hydrogen-bond donors (Lipinski definition) is 1. The van der Waals surface area contributed by atoms with Crippen LogP contribution in [0, 0.1) is 0 Å². The highest BCUT2D eigenvalue weighted by Crippen LogP contribution is 2.28. The van der Waals surface area contributed by atoms with Crippen molar-refractivity contribution in [2.24, 2.45) is 0 Å². The highest BCUT2D eigenvalue weighted by Gasteiger charge is 2.22. The fourth-order valence-corrected chi connectivity index (χ4v) is 5.75. The van der Waals surface area contributed by atoms with E-state index in [-0.39, 0.29) is 29.1 Å². The van der Waals surface area contributed by atoms with E-state index in [4.69, 9.17) is 11.6 Å². The molecule has 4 rings (SSSR count). The van der Waals surface area contributed by atoms with Crippen molar-refractivity contribution in [3.05, 3.63) is 101 Å². The van der Waals surface area contributed by atoms with Crippen molar-refractivity contribution in [1.82, 2.24) is 9.88 Å². The van der Waals surface area contributed by atoms with Gasteiger partial charge in [-0.1, -0.05) is 72.3 Å². The summed E-state index contributed by atoms with van der Waals surface area (Å²) in [6, 6.07) is 24.2. The van der Waals surface area contributed by atoms with E-state index in [0.29, 0.717) is 21.5 Å². The van der Waals surface area contributed by atoms with Crippen molar-refractivity contribution in [2.75, 3.05) is 0 Å². The molecule has 176 valence electrons. The molecule has 0 aliphatic rings. The number of halogens is 1. The van der Waals surface area contributed by atoms with Crippen LogP contribution in [0.3, 0.4) is 0 Å². The second kappa shape index (κ2) is 10.5. The second-order valence-electron chi connectivity index (χ2n) is 8.52. The Labute approximate surface area is 205 Å². The Balaban J connectivity index is 1.49. The number of amides is 1. The van der Waals surface area contributed by atoms with E-state index in [0.717, 1.165) is 12.8 Å². The fourth-order valence-electron chi connectivity index (χ4n) is 4.04. The van der Waals surface area contributed by atoms with Crippen molar-refractivity contribution >= 4 is 38.2 Å². The maximum absolute atomic E-state index is 13.3. The minimum atomic E-state index is -3.63. The molecule has 0 bridgehead atoms. The van der Waals surface area contributed by atoms with E-state index in [1.165, 1.54) is 5.56 Å². The third-order valence-electron chi connectivity index (χ3n) is 5.79. The molecule has 1 N–H and O–H groups in total. The number of nitrogens with one attached hydrogen (secondary N) is 1. The first-order valence-electron chi connectivity index (χ1n) is 11.2. The Hall–Kier alpha value is -3.09. The second-order valence-corrected chi connectivity index (χ2v) is 10.9. The summed E-state index contributed by atoms with van der Waals surface area (Å²) in [5.41, 5.74) is 2.60. The molecule has 4 aromatic rings. The van der Waals surface area contributed by atoms with Crippen LogP contribution in [-0.2, 0) is 33.4 Å². The normalized spacial score (nSPS) is 12.5. The minimum Gasteiger partial charge on any atom is -0.352 e. The van der Waals surface area contributed by atoms with Gasteiger partial charge in [-0.2, -0.15) is 0 Å². The molecule has 7 heteroatoms. The number of aryl methyl sites for hydroxylation is 1. The number of carbonyl (C=O) groups excluding carboxylic acids is 1. The van der Waals surface area contributed by atoms with E-state index in [2.05, 4.69) is 17.4 Å². The highest BCUT2D eigenvalue weighted by molar-refractivity contribution is 7.90. The van der Waals surface area contributed by atoms with Gasteiger partial charge >= 0.3 is 0 Å². The first kappa shape index (κ1) is 24.0. The summed E-state index contributed by atoms with van der Waals surface area (Å²) in [5, 5.41) is 4.20. The predicted molar refractivity (Wildman–Crippen MR) is 137 cm³/mol. The summed E-state index contributed by atoms with van der Waals surface area (Å²) in [4.78, 5) is 13.0. The molecule has 0 saturated carbocycles. The molecule has 0 fully saturated rings. The van der Waals surface area contributed by atoms with Gasteiger partial charge in [0.1, 0.15) is 6.54 Å². The third-order valence-corrected chi connectivity index (χ3v) is 7.75. The van der Waals surface area contributed by atoms with Gasteiger partial charge in [-0.25, -0.2) is 8.42 Å². The SMILES string of the molecule is CC(CCc1ccccc1)NC(=O)Cn1cc(S(=O)(=O)Cc2ccc(Cl)cc2)c2ccccc21. The van der Waals surface area contributed by atoms with Crippen molar-refractivity contribution in [3.63, 3.8) is 0 Å². The Morgan fingerprint density at radius 3 is 2.35 bits per heavy atom. The lowest BCUT2D eigenvalue weighted by Crippen LogP contribution is -2.35. The van der Waals surface area contributed by atoms with Gasteiger partial charge in [-0.05, 0) is 49.1 Å². The summed E-state index contributed by atoms with van der Waals surface area (Å²) in [6.45, 7) is 2.03. The predicted octanol–water partition coefficient (Wildman–Crippen LogP) is 5.41. The van der Waals surface area contributed by atoms with Gasteiger partial charge in [0.15, 0.2) is 9.84 Å². The summed E-state index contributed by atoms with van der Waals surface area (Å²) in [5.74, 6) is -0.288. The molecular formula is C27H27ClN2O3S. The summed E-state index contributed by atoms with van der Waals surface area (Å²) < 4.78 is 28.2. The van der Waals surface area contributed by atoms with E-state index >= 15 is 0 Å². The maximum Gasteiger partial charge on any atom is 0.240 e. The van der Waals surface area contributed by atoms with Gasteiger partial charge in [-0.15, -0.1) is 0 Å². The van der Waals surface area contributed by atoms with Crippen molar-refractivity contribution in [1.29, 1.82) is 0 Å². The van der Waals surface area contributed by atoms with Crippen LogP contribution in [0.25, 0.3) is 10.9 Å². The van der Waals surface area contributed by atoms with Crippen LogP contribution >= 0.6 is 11.6 Å².